The Labute approximate surface area is 183 Å². The molecule has 2 aromatic heterocycles. The predicted octanol–water partition coefficient (Wildman–Crippen LogP) is 5.01. The molecule has 0 saturated carbocycles. The zero-order chi connectivity index (χ0) is 20.8. The minimum atomic E-state index is 0.127. The first-order chi connectivity index (χ1) is 14.7. The molecule has 4 nitrogen and oxygen atoms in total. The second-order valence-electron chi connectivity index (χ2n) is 8.20. The average molecular weight is 420 g/mol. The van der Waals surface area contributed by atoms with Gasteiger partial charge in [0, 0.05) is 37.4 Å². The van der Waals surface area contributed by atoms with Gasteiger partial charge >= 0.3 is 0 Å². The van der Waals surface area contributed by atoms with Crippen molar-refractivity contribution in [2.75, 3.05) is 19.6 Å². The molecule has 1 fully saturated rings. The van der Waals surface area contributed by atoms with Crippen molar-refractivity contribution in [1.29, 1.82) is 0 Å². The number of hydrogen-bond donors (Lipinski definition) is 0. The monoisotopic (exact) mass is 419 g/mol. The number of aromatic nitrogens is 1. The van der Waals surface area contributed by atoms with Crippen LogP contribution in [0.1, 0.15) is 39.9 Å². The minimum Gasteiger partial charge on any atom is -0.334 e. The molecule has 0 bridgehead atoms. The van der Waals surface area contributed by atoms with Gasteiger partial charge in [0.1, 0.15) is 0 Å². The normalized spacial score (nSPS) is 15.2. The number of amides is 1. The third-order valence-corrected chi connectivity index (χ3v) is 6.68. The number of thiophene rings is 1. The van der Waals surface area contributed by atoms with E-state index in [1.807, 2.05) is 40.1 Å². The molecule has 3 heterocycles. The minimum absolute atomic E-state index is 0.127. The lowest BCUT2D eigenvalue weighted by Gasteiger charge is -2.35. The summed E-state index contributed by atoms with van der Waals surface area (Å²) in [5, 5.41) is 3.92. The summed E-state index contributed by atoms with van der Waals surface area (Å²) < 4.78 is 0. The third-order valence-electron chi connectivity index (χ3n) is 5.99. The van der Waals surface area contributed by atoms with Crippen LogP contribution in [0.2, 0.25) is 0 Å². The maximum Gasteiger partial charge on any atom is 0.255 e. The molecule has 0 spiro atoms. The highest BCUT2D eigenvalue weighted by Crippen LogP contribution is 2.23. The molecular weight excluding hydrogens is 390 g/mol. The van der Waals surface area contributed by atoms with Crippen LogP contribution >= 0.6 is 11.3 Å². The summed E-state index contributed by atoms with van der Waals surface area (Å²) in [6, 6.07) is 14.6. The van der Waals surface area contributed by atoms with Crippen LogP contribution in [0, 0.1) is 12.8 Å². The predicted molar refractivity (Wildman–Crippen MR) is 122 cm³/mol. The standard InChI is InChI=1S/C25H29N3OS/c1-20-5-2-3-7-23(20)18-27-12-8-21(9-13-27)16-28(17-22-6-4-11-26-15-22)25(29)24-10-14-30-19-24/h2-7,10-11,14-15,19,21H,8-9,12-13,16-18H2,1H3. The van der Waals surface area contributed by atoms with E-state index in [0.717, 1.165) is 50.1 Å². The van der Waals surface area contributed by atoms with E-state index in [4.69, 9.17) is 0 Å². The summed E-state index contributed by atoms with van der Waals surface area (Å²) in [5.74, 6) is 0.667. The number of aryl methyl sites for hydroxylation is 1. The molecule has 5 heteroatoms. The fourth-order valence-electron chi connectivity index (χ4n) is 4.17. The SMILES string of the molecule is Cc1ccccc1CN1CCC(CN(Cc2cccnc2)C(=O)c2ccsc2)CC1. The Bertz CT molecular complexity index is 934. The maximum atomic E-state index is 13.1. The van der Waals surface area contributed by atoms with E-state index in [0.29, 0.717) is 12.5 Å². The number of likely N-dealkylation sites (tertiary alicyclic amines) is 1. The number of carbonyl (C=O) groups is 1. The molecular formula is C25H29N3OS. The summed E-state index contributed by atoms with van der Waals surface area (Å²) >= 11 is 1.57. The molecule has 1 amide bonds. The lowest BCUT2D eigenvalue weighted by molar-refractivity contribution is 0.0672. The molecule has 1 saturated heterocycles. The third kappa shape index (κ3) is 5.35. The first-order valence-corrected chi connectivity index (χ1v) is 11.6. The topological polar surface area (TPSA) is 36.4 Å². The Balaban J connectivity index is 1.37. The number of pyridine rings is 1. The number of carbonyl (C=O) groups excluding carboxylic acids is 1. The molecule has 0 unspecified atom stereocenters. The zero-order valence-electron chi connectivity index (χ0n) is 17.5. The van der Waals surface area contributed by atoms with Gasteiger partial charge in [0.2, 0.25) is 0 Å². The van der Waals surface area contributed by atoms with Crippen LogP contribution in [0.15, 0.2) is 65.6 Å². The smallest absolute Gasteiger partial charge is 0.255 e. The summed E-state index contributed by atoms with van der Waals surface area (Å²) in [5.41, 5.74) is 4.66. The quantitative estimate of drug-likeness (QED) is 0.540. The van der Waals surface area contributed by atoms with Crippen molar-refractivity contribution in [3.8, 4) is 0 Å². The number of hydrogen-bond acceptors (Lipinski definition) is 4. The van der Waals surface area contributed by atoms with Gasteiger partial charge in [-0.15, -0.1) is 0 Å². The fourth-order valence-corrected chi connectivity index (χ4v) is 4.80. The largest absolute Gasteiger partial charge is 0.334 e. The highest BCUT2D eigenvalue weighted by molar-refractivity contribution is 7.08. The van der Waals surface area contributed by atoms with Crippen molar-refractivity contribution in [2.24, 2.45) is 5.92 Å². The number of benzene rings is 1. The maximum absolute atomic E-state index is 13.1. The molecule has 30 heavy (non-hydrogen) atoms. The van der Waals surface area contributed by atoms with Gasteiger partial charge in [0.05, 0.1) is 5.56 Å². The van der Waals surface area contributed by atoms with Gasteiger partial charge in [-0.3, -0.25) is 14.7 Å². The lowest BCUT2D eigenvalue weighted by Crippen LogP contribution is -2.40. The van der Waals surface area contributed by atoms with Crippen molar-refractivity contribution in [3.05, 3.63) is 87.9 Å². The Hall–Kier alpha value is -2.50. The zero-order valence-corrected chi connectivity index (χ0v) is 18.4. The second kappa shape index (κ2) is 10.0. The molecule has 156 valence electrons. The number of nitrogens with zero attached hydrogens (tertiary/aromatic N) is 3. The molecule has 1 aliphatic heterocycles. The van der Waals surface area contributed by atoms with Crippen LogP contribution in [0.5, 0.6) is 0 Å². The highest BCUT2D eigenvalue weighted by atomic mass is 32.1. The van der Waals surface area contributed by atoms with E-state index in [1.54, 1.807) is 17.5 Å². The van der Waals surface area contributed by atoms with Crippen LogP contribution < -0.4 is 0 Å². The van der Waals surface area contributed by atoms with Gasteiger partial charge in [-0.2, -0.15) is 11.3 Å². The average Bonchev–Trinajstić information content (AvgIpc) is 3.31. The van der Waals surface area contributed by atoms with Gasteiger partial charge < -0.3 is 4.90 Å². The van der Waals surface area contributed by atoms with Gasteiger partial charge in [0.25, 0.3) is 5.91 Å². The molecule has 1 aromatic carbocycles. The summed E-state index contributed by atoms with van der Waals surface area (Å²) in [4.78, 5) is 21.9. The summed E-state index contributed by atoms with van der Waals surface area (Å²) in [6.07, 6.45) is 5.90. The molecule has 4 rings (SSSR count). The molecule has 0 aliphatic carbocycles. The Morgan fingerprint density at radius 1 is 1.17 bits per heavy atom. The summed E-state index contributed by atoms with van der Waals surface area (Å²) in [6.45, 7) is 6.81. The van der Waals surface area contributed by atoms with Crippen LogP contribution in [-0.2, 0) is 13.1 Å². The van der Waals surface area contributed by atoms with Crippen LogP contribution in [0.25, 0.3) is 0 Å². The molecule has 0 atom stereocenters. The number of rotatable bonds is 7. The lowest BCUT2D eigenvalue weighted by atomic mass is 9.95. The van der Waals surface area contributed by atoms with Gasteiger partial charge in [-0.05, 0) is 73.0 Å². The highest BCUT2D eigenvalue weighted by Gasteiger charge is 2.25. The first-order valence-electron chi connectivity index (χ1n) is 10.7. The van der Waals surface area contributed by atoms with E-state index in [1.165, 1.54) is 11.1 Å². The summed E-state index contributed by atoms with van der Waals surface area (Å²) in [7, 11) is 0. The van der Waals surface area contributed by atoms with Crippen molar-refractivity contribution in [3.63, 3.8) is 0 Å². The van der Waals surface area contributed by atoms with E-state index in [-0.39, 0.29) is 5.91 Å². The van der Waals surface area contributed by atoms with Gasteiger partial charge in [-0.25, -0.2) is 0 Å². The van der Waals surface area contributed by atoms with E-state index in [2.05, 4.69) is 41.1 Å². The van der Waals surface area contributed by atoms with Crippen molar-refractivity contribution < 1.29 is 4.79 Å². The fraction of sp³-hybridized carbons (Fsp3) is 0.360. The molecule has 0 N–H and O–H groups in total. The van der Waals surface area contributed by atoms with Crippen molar-refractivity contribution >= 4 is 17.2 Å². The second-order valence-corrected chi connectivity index (χ2v) is 8.99. The van der Waals surface area contributed by atoms with Crippen LogP contribution in [-0.4, -0.2) is 40.3 Å². The van der Waals surface area contributed by atoms with Crippen molar-refractivity contribution in [1.82, 2.24) is 14.8 Å². The van der Waals surface area contributed by atoms with Crippen LogP contribution in [0.4, 0.5) is 0 Å². The van der Waals surface area contributed by atoms with E-state index in [9.17, 15) is 4.79 Å². The molecule has 0 radical (unpaired) electrons. The van der Waals surface area contributed by atoms with E-state index >= 15 is 0 Å². The first kappa shape index (κ1) is 20.8. The number of piperidine rings is 1. The Morgan fingerprint density at radius 2 is 2.00 bits per heavy atom. The molecule has 3 aromatic rings. The Kier molecular flexibility index (Phi) is 6.92. The molecule has 1 aliphatic rings. The van der Waals surface area contributed by atoms with Gasteiger partial charge in [-0.1, -0.05) is 30.3 Å². The van der Waals surface area contributed by atoms with Crippen LogP contribution in [0.3, 0.4) is 0 Å². The van der Waals surface area contributed by atoms with Gasteiger partial charge in [0.15, 0.2) is 0 Å². The Morgan fingerprint density at radius 3 is 2.70 bits per heavy atom. The van der Waals surface area contributed by atoms with E-state index < -0.39 is 0 Å². The van der Waals surface area contributed by atoms with Crippen molar-refractivity contribution in [2.45, 2.75) is 32.9 Å².